The summed E-state index contributed by atoms with van der Waals surface area (Å²) in [6, 6.07) is 6.03. The molecule has 1 aliphatic heterocycles. The van der Waals surface area contributed by atoms with Crippen LogP contribution in [0, 0.1) is 5.82 Å². The highest BCUT2D eigenvalue weighted by atomic mass is 35.5. The SMILES string of the molecule is COC(c1ccccc1F)C(C)NC(=O)C1CCCN1.Cl. The van der Waals surface area contributed by atoms with Crippen LogP contribution in [-0.2, 0) is 9.53 Å². The number of carbonyl (C=O) groups excluding carboxylic acids is 1. The second-order valence-electron chi connectivity index (χ2n) is 5.12. The number of ether oxygens (including phenoxy) is 1. The third-order valence-corrected chi connectivity index (χ3v) is 3.67. The Kier molecular flexibility index (Phi) is 7.08. The monoisotopic (exact) mass is 316 g/mol. The van der Waals surface area contributed by atoms with Crippen LogP contribution in [0.3, 0.4) is 0 Å². The van der Waals surface area contributed by atoms with Crippen LogP contribution in [0.2, 0.25) is 0 Å². The fourth-order valence-electron chi connectivity index (χ4n) is 2.62. The smallest absolute Gasteiger partial charge is 0.237 e. The van der Waals surface area contributed by atoms with Gasteiger partial charge in [-0.25, -0.2) is 4.39 Å². The number of hydrogen-bond acceptors (Lipinski definition) is 3. The Morgan fingerprint density at radius 3 is 2.76 bits per heavy atom. The molecule has 0 radical (unpaired) electrons. The molecule has 3 atom stereocenters. The van der Waals surface area contributed by atoms with E-state index in [2.05, 4.69) is 10.6 Å². The van der Waals surface area contributed by atoms with Crippen LogP contribution in [0.15, 0.2) is 24.3 Å². The van der Waals surface area contributed by atoms with Gasteiger partial charge in [-0.15, -0.1) is 12.4 Å². The lowest BCUT2D eigenvalue weighted by Crippen LogP contribution is -2.46. The molecule has 2 N–H and O–H groups in total. The minimum atomic E-state index is -0.499. The fraction of sp³-hybridized carbons (Fsp3) is 0.533. The van der Waals surface area contributed by atoms with Crippen molar-refractivity contribution < 1.29 is 13.9 Å². The van der Waals surface area contributed by atoms with E-state index in [-0.39, 0.29) is 36.2 Å². The van der Waals surface area contributed by atoms with Gasteiger partial charge in [0.25, 0.3) is 0 Å². The first kappa shape index (κ1) is 17.9. The molecular weight excluding hydrogens is 295 g/mol. The van der Waals surface area contributed by atoms with E-state index in [0.29, 0.717) is 5.56 Å². The van der Waals surface area contributed by atoms with E-state index in [1.807, 2.05) is 6.92 Å². The summed E-state index contributed by atoms with van der Waals surface area (Å²) in [5.41, 5.74) is 0.460. The molecule has 1 aromatic carbocycles. The van der Waals surface area contributed by atoms with Gasteiger partial charge in [-0.2, -0.15) is 0 Å². The Hall–Kier alpha value is -1.17. The number of rotatable bonds is 5. The summed E-state index contributed by atoms with van der Waals surface area (Å²) in [4.78, 5) is 12.1. The van der Waals surface area contributed by atoms with E-state index in [1.165, 1.54) is 13.2 Å². The van der Waals surface area contributed by atoms with Gasteiger partial charge in [-0.3, -0.25) is 4.79 Å². The largest absolute Gasteiger partial charge is 0.375 e. The molecule has 1 fully saturated rings. The van der Waals surface area contributed by atoms with Crippen molar-refractivity contribution in [2.24, 2.45) is 0 Å². The lowest BCUT2D eigenvalue weighted by Gasteiger charge is -2.25. The number of carbonyl (C=O) groups is 1. The molecule has 1 saturated heterocycles. The molecular formula is C15H22ClFN2O2. The van der Waals surface area contributed by atoms with Crippen molar-refractivity contribution in [1.82, 2.24) is 10.6 Å². The van der Waals surface area contributed by atoms with Gasteiger partial charge in [-0.1, -0.05) is 18.2 Å². The number of hydrogen-bond donors (Lipinski definition) is 2. The van der Waals surface area contributed by atoms with Crippen LogP contribution in [0.1, 0.15) is 31.4 Å². The molecule has 1 amide bonds. The summed E-state index contributed by atoms with van der Waals surface area (Å²) in [6.07, 6.45) is 1.35. The molecule has 3 unspecified atom stereocenters. The molecule has 6 heteroatoms. The van der Waals surface area contributed by atoms with Crippen molar-refractivity contribution in [3.05, 3.63) is 35.6 Å². The van der Waals surface area contributed by atoms with Crippen molar-refractivity contribution in [1.29, 1.82) is 0 Å². The Labute approximate surface area is 130 Å². The van der Waals surface area contributed by atoms with E-state index in [9.17, 15) is 9.18 Å². The molecule has 1 aliphatic rings. The van der Waals surface area contributed by atoms with Crippen LogP contribution >= 0.6 is 12.4 Å². The first-order valence-corrected chi connectivity index (χ1v) is 6.94. The van der Waals surface area contributed by atoms with Gasteiger partial charge in [-0.05, 0) is 32.4 Å². The molecule has 1 heterocycles. The normalized spacial score (nSPS) is 20.4. The van der Waals surface area contributed by atoms with Crippen LogP contribution in [-0.4, -0.2) is 31.6 Å². The lowest BCUT2D eigenvalue weighted by atomic mass is 10.0. The maximum atomic E-state index is 13.8. The minimum absolute atomic E-state index is 0. The predicted molar refractivity (Wildman–Crippen MR) is 82.0 cm³/mol. The Balaban J connectivity index is 0.00000220. The zero-order valence-corrected chi connectivity index (χ0v) is 13.1. The molecule has 0 aliphatic carbocycles. The molecule has 2 rings (SSSR count). The number of amides is 1. The van der Waals surface area contributed by atoms with Crippen LogP contribution < -0.4 is 10.6 Å². The minimum Gasteiger partial charge on any atom is -0.375 e. The molecule has 0 aromatic heterocycles. The molecule has 0 saturated carbocycles. The van der Waals surface area contributed by atoms with Crippen molar-refractivity contribution in [2.45, 2.75) is 38.0 Å². The topological polar surface area (TPSA) is 50.4 Å². The number of halogens is 2. The predicted octanol–water partition coefficient (Wildman–Crippen LogP) is 2.19. The van der Waals surface area contributed by atoms with E-state index in [4.69, 9.17) is 4.74 Å². The maximum absolute atomic E-state index is 13.8. The van der Waals surface area contributed by atoms with E-state index in [1.54, 1.807) is 18.2 Å². The quantitative estimate of drug-likeness (QED) is 0.875. The molecule has 4 nitrogen and oxygen atoms in total. The summed E-state index contributed by atoms with van der Waals surface area (Å²) in [6.45, 7) is 2.70. The lowest BCUT2D eigenvalue weighted by molar-refractivity contribution is -0.124. The van der Waals surface area contributed by atoms with Crippen molar-refractivity contribution in [3.8, 4) is 0 Å². The average molecular weight is 317 g/mol. The average Bonchev–Trinajstić information content (AvgIpc) is 2.96. The molecule has 0 bridgehead atoms. The van der Waals surface area contributed by atoms with Crippen LogP contribution in [0.5, 0.6) is 0 Å². The molecule has 1 aromatic rings. The number of benzene rings is 1. The molecule has 0 spiro atoms. The first-order chi connectivity index (χ1) is 9.63. The second-order valence-corrected chi connectivity index (χ2v) is 5.12. The van der Waals surface area contributed by atoms with Gasteiger partial charge < -0.3 is 15.4 Å². The van der Waals surface area contributed by atoms with E-state index >= 15 is 0 Å². The maximum Gasteiger partial charge on any atom is 0.237 e. The van der Waals surface area contributed by atoms with Crippen molar-refractivity contribution >= 4 is 18.3 Å². The van der Waals surface area contributed by atoms with Crippen molar-refractivity contribution in [2.75, 3.05) is 13.7 Å². The van der Waals surface area contributed by atoms with Gasteiger partial charge in [0.2, 0.25) is 5.91 Å². The van der Waals surface area contributed by atoms with E-state index < -0.39 is 6.10 Å². The number of nitrogens with one attached hydrogen (secondary N) is 2. The second kappa shape index (κ2) is 8.32. The molecule has 21 heavy (non-hydrogen) atoms. The zero-order chi connectivity index (χ0) is 14.5. The van der Waals surface area contributed by atoms with E-state index in [0.717, 1.165) is 19.4 Å². The summed E-state index contributed by atoms with van der Waals surface area (Å²) in [7, 11) is 1.52. The molecule has 118 valence electrons. The van der Waals surface area contributed by atoms with Gasteiger partial charge >= 0.3 is 0 Å². The van der Waals surface area contributed by atoms with Gasteiger partial charge in [0.1, 0.15) is 11.9 Å². The highest BCUT2D eigenvalue weighted by Crippen LogP contribution is 2.23. The Bertz CT molecular complexity index is 467. The third kappa shape index (κ3) is 4.40. The highest BCUT2D eigenvalue weighted by Gasteiger charge is 2.27. The summed E-state index contributed by atoms with van der Waals surface area (Å²) < 4.78 is 19.2. The van der Waals surface area contributed by atoms with Crippen LogP contribution in [0.25, 0.3) is 0 Å². The highest BCUT2D eigenvalue weighted by molar-refractivity contribution is 5.85. The summed E-state index contributed by atoms with van der Waals surface area (Å²) in [5.74, 6) is -0.368. The van der Waals surface area contributed by atoms with Gasteiger partial charge in [0.15, 0.2) is 0 Å². The van der Waals surface area contributed by atoms with Crippen molar-refractivity contribution in [3.63, 3.8) is 0 Å². The Morgan fingerprint density at radius 1 is 1.48 bits per heavy atom. The summed E-state index contributed by atoms with van der Waals surface area (Å²) >= 11 is 0. The fourth-order valence-corrected chi connectivity index (χ4v) is 2.62. The summed E-state index contributed by atoms with van der Waals surface area (Å²) in [5, 5.41) is 6.05. The third-order valence-electron chi connectivity index (χ3n) is 3.67. The number of methoxy groups -OCH3 is 1. The van der Waals surface area contributed by atoms with Crippen LogP contribution in [0.4, 0.5) is 4.39 Å². The Morgan fingerprint density at radius 2 is 2.19 bits per heavy atom. The standard InChI is InChI=1S/C15H21FN2O2.ClH/c1-10(18-15(19)13-8-5-9-17-13)14(20-2)11-6-3-4-7-12(11)16;/h3-4,6-7,10,13-14,17H,5,8-9H2,1-2H3,(H,18,19);1H. The zero-order valence-electron chi connectivity index (χ0n) is 12.3. The first-order valence-electron chi connectivity index (χ1n) is 6.94. The van der Waals surface area contributed by atoms with Gasteiger partial charge in [0.05, 0.1) is 12.1 Å². The van der Waals surface area contributed by atoms with Gasteiger partial charge in [0, 0.05) is 12.7 Å².